The molecular weight excluding hydrogens is 384 g/mol. The minimum absolute atomic E-state index is 0.527. The van der Waals surface area contributed by atoms with E-state index in [2.05, 4.69) is 61.5 Å². The van der Waals surface area contributed by atoms with E-state index in [1.54, 1.807) is 18.4 Å². The number of guanidine groups is 1. The molecule has 0 aliphatic heterocycles. The Bertz CT molecular complexity index is 774. The van der Waals surface area contributed by atoms with Crippen molar-refractivity contribution in [3.63, 3.8) is 0 Å². The second kappa shape index (κ2) is 12.4. The van der Waals surface area contributed by atoms with E-state index in [-0.39, 0.29) is 0 Å². The predicted molar refractivity (Wildman–Crippen MR) is 121 cm³/mol. The molecule has 0 bridgehead atoms. The van der Waals surface area contributed by atoms with Crippen LogP contribution in [0, 0.1) is 12.8 Å². The van der Waals surface area contributed by atoms with Crippen LogP contribution in [0.4, 0.5) is 0 Å². The monoisotopic (exact) mass is 418 g/mol. The zero-order valence-corrected chi connectivity index (χ0v) is 19.1. The standard InChI is InChI=1S/C22H34N4O2S/c1-6-23-22(26-15-19-14-24-21(29-19)11-16(2)3)25-13-18-8-7-17(4)12-20(18)28-10-9-27-5/h7-8,12,14,16H,6,9-11,13,15H2,1-5H3,(H2,23,25,26). The first-order valence-corrected chi connectivity index (χ1v) is 11.0. The summed E-state index contributed by atoms with van der Waals surface area (Å²) >= 11 is 1.76. The molecule has 29 heavy (non-hydrogen) atoms. The highest BCUT2D eigenvalue weighted by Gasteiger charge is 2.07. The van der Waals surface area contributed by atoms with Gasteiger partial charge in [0.2, 0.25) is 0 Å². The van der Waals surface area contributed by atoms with Crippen molar-refractivity contribution in [2.45, 2.75) is 47.2 Å². The number of hydrogen-bond donors (Lipinski definition) is 2. The maximum atomic E-state index is 5.87. The lowest BCUT2D eigenvalue weighted by Crippen LogP contribution is -2.36. The average molecular weight is 419 g/mol. The predicted octanol–water partition coefficient (Wildman–Crippen LogP) is 3.93. The molecule has 1 aromatic heterocycles. The van der Waals surface area contributed by atoms with Gasteiger partial charge >= 0.3 is 0 Å². The number of nitrogens with one attached hydrogen (secondary N) is 2. The summed E-state index contributed by atoms with van der Waals surface area (Å²) in [5, 5.41) is 7.90. The number of benzene rings is 1. The number of nitrogens with zero attached hydrogens (tertiary/aromatic N) is 2. The number of methoxy groups -OCH3 is 1. The quantitative estimate of drug-likeness (QED) is 0.329. The highest BCUT2D eigenvalue weighted by atomic mass is 32.1. The van der Waals surface area contributed by atoms with Crippen molar-refractivity contribution in [3.05, 3.63) is 45.4 Å². The normalized spacial score (nSPS) is 11.7. The van der Waals surface area contributed by atoms with Gasteiger partial charge in [-0.15, -0.1) is 11.3 Å². The molecule has 0 aliphatic carbocycles. The Morgan fingerprint density at radius 3 is 2.79 bits per heavy atom. The maximum absolute atomic E-state index is 5.87. The summed E-state index contributed by atoms with van der Waals surface area (Å²) in [7, 11) is 1.67. The molecule has 0 unspecified atom stereocenters. The molecular formula is C22H34N4O2S. The van der Waals surface area contributed by atoms with E-state index in [0.29, 0.717) is 32.2 Å². The number of rotatable bonds is 11. The molecule has 6 nitrogen and oxygen atoms in total. The lowest BCUT2D eigenvalue weighted by atomic mass is 10.1. The summed E-state index contributed by atoms with van der Waals surface area (Å²) < 4.78 is 11.0. The highest BCUT2D eigenvalue weighted by Crippen LogP contribution is 2.21. The fourth-order valence-electron chi connectivity index (χ4n) is 2.71. The Labute approximate surface area is 178 Å². The number of aromatic nitrogens is 1. The van der Waals surface area contributed by atoms with Crippen molar-refractivity contribution in [1.82, 2.24) is 15.6 Å². The molecule has 0 aliphatic rings. The first-order valence-electron chi connectivity index (χ1n) is 10.2. The zero-order valence-electron chi connectivity index (χ0n) is 18.2. The van der Waals surface area contributed by atoms with Crippen molar-refractivity contribution < 1.29 is 9.47 Å². The van der Waals surface area contributed by atoms with Gasteiger partial charge in [0.1, 0.15) is 12.4 Å². The Hall–Kier alpha value is -2.12. The van der Waals surface area contributed by atoms with E-state index in [9.17, 15) is 0 Å². The van der Waals surface area contributed by atoms with Gasteiger partial charge in [0.05, 0.1) is 24.7 Å². The van der Waals surface area contributed by atoms with Crippen molar-refractivity contribution in [2.24, 2.45) is 10.9 Å². The molecule has 160 valence electrons. The van der Waals surface area contributed by atoms with Gasteiger partial charge in [0.15, 0.2) is 5.96 Å². The molecule has 1 heterocycles. The third kappa shape index (κ3) is 8.41. The summed E-state index contributed by atoms with van der Waals surface area (Å²) in [6.07, 6.45) is 2.98. The first-order chi connectivity index (χ1) is 14.0. The summed E-state index contributed by atoms with van der Waals surface area (Å²) in [5.41, 5.74) is 2.22. The number of aliphatic imine (C=N–C) groups is 1. The molecule has 0 amide bonds. The van der Waals surface area contributed by atoms with Crippen LogP contribution in [0.25, 0.3) is 0 Å². The molecule has 0 fully saturated rings. The Morgan fingerprint density at radius 1 is 1.24 bits per heavy atom. The van der Waals surface area contributed by atoms with Crippen molar-refractivity contribution >= 4 is 17.3 Å². The zero-order chi connectivity index (χ0) is 21.1. The van der Waals surface area contributed by atoms with E-state index in [0.717, 1.165) is 35.8 Å². The third-order valence-electron chi connectivity index (χ3n) is 4.13. The van der Waals surface area contributed by atoms with Crippen LogP contribution in [0.1, 0.15) is 41.8 Å². The van der Waals surface area contributed by atoms with E-state index in [1.165, 1.54) is 9.88 Å². The Morgan fingerprint density at radius 2 is 2.07 bits per heavy atom. The van der Waals surface area contributed by atoms with Crippen LogP contribution >= 0.6 is 11.3 Å². The second-order valence-electron chi connectivity index (χ2n) is 7.32. The molecule has 2 aromatic rings. The number of hydrogen-bond acceptors (Lipinski definition) is 5. The van der Waals surface area contributed by atoms with Crippen LogP contribution in [0.5, 0.6) is 5.75 Å². The molecule has 7 heteroatoms. The average Bonchev–Trinajstić information content (AvgIpc) is 3.12. The van der Waals surface area contributed by atoms with Crippen molar-refractivity contribution in [3.8, 4) is 5.75 Å². The summed E-state index contributed by atoms with van der Waals surface area (Å²) in [4.78, 5) is 10.5. The molecule has 0 atom stereocenters. The molecule has 0 saturated carbocycles. The number of thiazole rings is 1. The minimum Gasteiger partial charge on any atom is -0.491 e. The summed E-state index contributed by atoms with van der Waals surface area (Å²) in [5.74, 6) is 2.27. The molecule has 2 rings (SSSR count). The lowest BCUT2D eigenvalue weighted by Gasteiger charge is -2.13. The van der Waals surface area contributed by atoms with E-state index < -0.39 is 0 Å². The number of ether oxygens (including phenoxy) is 2. The summed E-state index contributed by atoms with van der Waals surface area (Å²) in [6, 6.07) is 6.21. The fraction of sp³-hybridized carbons (Fsp3) is 0.545. The lowest BCUT2D eigenvalue weighted by molar-refractivity contribution is 0.145. The maximum Gasteiger partial charge on any atom is 0.191 e. The van der Waals surface area contributed by atoms with Gasteiger partial charge in [-0.05, 0) is 31.4 Å². The topological polar surface area (TPSA) is 67.8 Å². The second-order valence-corrected chi connectivity index (χ2v) is 8.52. The largest absolute Gasteiger partial charge is 0.491 e. The van der Waals surface area contributed by atoms with Gasteiger partial charge in [-0.25, -0.2) is 9.98 Å². The molecule has 0 radical (unpaired) electrons. The van der Waals surface area contributed by atoms with Crippen LogP contribution in [0.2, 0.25) is 0 Å². The van der Waals surface area contributed by atoms with E-state index >= 15 is 0 Å². The highest BCUT2D eigenvalue weighted by molar-refractivity contribution is 7.11. The number of aryl methyl sites for hydroxylation is 1. The minimum atomic E-state index is 0.527. The van der Waals surface area contributed by atoms with Gasteiger partial charge in [-0.1, -0.05) is 26.0 Å². The molecule has 2 N–H and O–H groups in total. The van der Waals surface area contributed by atoms with E-state index in [1.807, 2.05) is 6.20 Å². The Balaban J connectivity index is 2.00. The van der Waals surface area contributed by atoms with Crippen LogP contribution in [-0.2, 0) is 24.2 Å². The van der Waals surface area contributed by atoms with Crippen LogP contribution in [0.15, 0.2) is 29.4 Å². The SMILES string of the molecule is CCNC(=NCc1ccc(C)cc1OCCOC)NCc1cnc(CC(C)C)s1. The van der Waals surface area contributed by atoms with Gasteiger partial charge in [-0.3, -0.25) is 0 Å². The van der Waals surface area contributed by atoms with Gasteiger partial charge in [0.25, 0.3) is 0 Å². The molecule has 0 spiro atoms. The smallest absolute Gasteiger partial charge is 0.191 e. The van der Waals surface area contributed by atoms with Gasteiger partial charge < -0.3 is 20.1 Å². The Kier molecular flexibility index (Phi) is 9.94. The van der Waals surface area contributed by atoms with Crippen LogP contribution < -0.4 is 15.4 Å². The molecule has 1 aromatic carbocycles. The van der Waals surface area contributed by atoms with Crippen molar-refractivity contribution in [1.29, 1.82) is 0 Å². The third-order valence-corrected chi connectivity index (χ3v) is 5.15. The molecule has 0 saturated heterocycles. The van der Waals surface area contributed by atoms with Gasteiger partial charge in [-0.2, -0.15) is 0 Å². The van der Waals surface area contributed by atoms with E-state index in [4.69, 9.17) is 14.5 Å². The first kappa shape index (κ1) is 23.2. The fourth-order valence-corrected chi connectivity index (χ4v) is 3.79. The van der Waals surface area contributed by atoms with Crippen molar-refractivity contribution in [2.75, 3.05) is 26.9 Å². The van der Waals surface area contributed by atoms with Crippen LogP contribution in [0.3, 0.4) is 0 Å². The summed E-state index contributed by atoms with van der Waals surface area (Å²) in [6.45, 7) is 11.7. The van der Waals surface area contributed by atoms with Gasteiger partial charge in [0, 0.05) is 36.7 Å². The van der Waals surface area contributed by atoms with Crippen LogP contribution in [-0.4, -0.2) is 37.8 Å².